The molecule has 0 saturated carbocycles. The van der Waals surface area contributed by atoms with Crippen LogP contribution in [0.2, 0.25) is 0 Å². The minimum atomic E-state index is -0.652. The van der Waals surface area contributed by atoms with Gasteiger partial charge in [-0.2, -0.15) is 0 Å². The summed E-state index contributed by atoms with van der Waals surface area (Å²) in [5, 5.41) is 12.4. The zero-order chi connectivity index (χ0) is 19.4. The third-order valence-corrected chi connectivity index (χ3v) is 4.71. The third-order valence-electron chi connectivity index (χ3n) is 4.71. The maximum atomic E-state index is 12.4. The van der Waals surface area contributed by atoms with Gasteiger partial charge in [0.15, 0.2) is 0 Å². The van der Waals surface area contributed by atoms with E-state index in [4.69, 9.17) is 0 Å². The first kappa shape index (κ1) is 22.2. The molecule has 7 heteroatoms. The summed E-state index contributed by atoms with van der Waals surface area (Å²) in [7, 11) is 0. The standard InChI is InChI=1S/C19H34N4O3/c1-4-7-8-9-10-14-23-18(25)16(17(24)21-19(23)26)15-20-12-11-13-22(5-2)6-3/h15,25H,4-14H2,1-3H3,(H,21,24,26). The average Bonchev–Trinajstić information content (AvgIpc) is 2.62. The van der Waals surface area contributed by atoms with Gasteiger partial charge in [0, 0.05) is 25.7 Å². The minimum Gasteiger partial charge on any atom is -0.859 e. The number of aromatic nitrogens is 2. The second-order valence-corrected chi connectivity index (χ2v) is 6.64. The van der Waals surface area contributed by atoms with E-state index >= 15 is 0 Å². The van der Waals surface area contributed by atoms with Crippen molar-refractivity contribution in [2.24, 2.45) is 4.99 Å². The van der Waals surface area contributed by atoms with Gasteiger partial charge in [0.1, 0.15) is 0 Å². The number of hydrogen-bond acceptors (Lipinski definition) is 4. The highest BCUT2D eigenvalue weighted by Crippen LogP contribution is 2.08. The number of aromatic amines is 1. The van der Waals surface area contributed by atoms with E-state index in [0.717, 1.165) is 62.7 Å². The molecular formula is C19H34N4O3. The van der Waals surface area contributed by atoms with Crippen molar-refractivity contribution in [3.8, 4) is 5.88 Å². The van der Waals surface area contributed by atoms with E-state index in [2.05, 4.69) is 30.7 Å². The molecule has 7 nitrogen and oxygen atoms in total. The second-order valence-electron chi connectivity index (χ2n) is 6.64. The van der Waals surface area contributed by atoms with Crippen molar-refractivity contribution in [1.29, 1.82) is 0 Å². The molecule has 2 N–H and O–H groups in total. The summed E-state index contributed by atoms with van der Waals surface area (Å²) < 4.78 is 1.12. The molecule has 0 fully saturated rings. The first-order chi connectivity index (χ1) is 12.5. The molecule has 0 radical (unpaired) electrons. The van der Waals surface area contributed by atoms with Gasteiger partial charge in [-0.1, -0.05) is 32.6 Å². The van der Waals surface area contributed by atoms with Crippen LogP contribution in [0.3, 0.4) is 0 Å². The summed E-state index contributed by atoms with van der Waals surface area (Å²) >= 11 is 0. The lowest BCUT2D eigenvalue weighted by Gasteiger charge is -2.17. The maximum Gasteiger partial charge on any atom is 0.327 e. The molecule has 1 aromatic heterocycles. The molecule has 0 unspecified atom stereocenters. The van der Waals surface area contributed by atoms with Crippen LogP contribution in [0.25, 0.3) is 0 Å². The number of unbranched alkanes of at least 4 members (excludes halogenated alkanes) is 4. The van der Waals surface area contributed by atoms with Crippen LogP contribution in [0.5, 0.6) is 5.88 Å². The number of rotatable bonds is 13. The van der Waals surface area contributed by atoms with Crippen LogP contribution in [-0.4, -0.2) is 41.9 Å². The van der Waals surface area contributed by atoms with Crippen LogP contribution in [-0.2, 0) is 6.54 Å². The first-order valence-electron chi connectivity index (χ1n) is 9.92. The van der Waals surface area contributed by atoms with E-state index in [1.54, 1.807) is 0 Å². The van der Waals surface area contributed by atoms with Crippen molar-refractivity contribution in [2.75, 3.05) is 26.2 Å². The summed E-state index contributed by atoms with van der Waals surface area (Å²) in [5.41, 5.74) is -1.33. The predicted octanol–water partition coefficient (Wildman–Crippen LogP) is 0.314. The van der Waals surface area contributed by atoms with Gasteiger partial charge in [0.05, 0.1) is 25.2 Å². The van der Waals surface area contributed by atoms with Crippen molar-refractivity contribution in [3.05, 3.63) is 26.4 Å². The van der Waals surface area contributed by atoms with Crippen molar-refractivity contribution >= 4 is 6.21 Å². The van der Waals surface area contributed by atoms with Crippen LogP contribution in [0.15, 0.2) is 14.6 Å². The Kier molecular flexibility index (Phi) is 10.6. The second kappa shape index (κ2) is 12.5. The summed E-state index contributed by atoms with van der Waals surface area (Å²) in [6, 6.07) is 0. The molecule has 0 atom stereocenters. The fourth-order valence-corrected chi connectivity index (χ4v) is 2.94. The molecule has 148 valence electrons. The van der Waals surface area contributed by atoms with Crippen molar-refractivity contribution < 1.29 is 10.0 Å². The lowest BCUT2D eigenvalue weighted by molar-refractivity contribution is -0.896. The van der Waals surface area contributed by atoms with Crippen molar-refractivity contribution in [3.63, 3.8) is 0 Å². The normalized spacial score (nSPS) is 11.7. The Morgan fingerprint density at radius 1 is 1.08 bits per heavy atom. The summed E-state index contributed by atoms with van der Waals surface area (Å²) in [5.74, 6) is -0.535. The number of aliphatic imine (C=N–C) groups is 1. The monoisotopic (exact) mass is 366 g/mol. The van der Waals surface area contributed by atoms with E-state index in [1.807, 2.05) is 0 Å². The number of nitrogens with one attached hydrogen (secondary N) is 2. The molecule has 0 saturated heterocycles. The van der Waals surface area contributed by atoms with E-state index in [0.29, 0.717) is 13.1 Å². The number of quaternary nitrogens is 1. The smallest absolute Gasteiger partial charge is 0.327 e. The maximum absolute atomic E-state index is 12.4. The van der Waals surface area contributed by atoms with E-state index in [9.17, 15) is 14.7 Å². The topological polar surface area (TPSA) is 94.7 Å². The zero-order valence-electron chi connectivity index (χ0n) is 16.5. The van der Waals surface area contributed by atoms with Crippen molar-refractivity contribution in [1.82, 2.24) is 9.55 Å². The minimum absolute atomic E-state index is 0.0478. The van der Waals surface area contributed by atoms with Gasteiger partial charge < -0.3 is 14.6 Å². The molecular weight excluding hydrogens is 332 g/mol. The van der Waals surface area contributed by atoms with Crippen LogP contribution < -0.4 is 21.3 Å². The Bertz CT molecular complexity index is 660. The average molecular weight is 367 g/mol. The molecule has 1 heterocycles. The number of hydrogen-bond donors (Lipinski definition) is 2. The fourth-order valence-electron chi connectivity index (χ4n) is 2.94. The van der Waals surface area contributed by atoms with Gasteiger partial charge in [0.25, 0.3) is 5.56 Å². The van der Waals surface area contributed by atoms with Gasteiger partial charge >= 0.3 is 5.69 Å². The summed E-state index contributed by atoms with van der Waals surface area (Å²) in [6.45, 7) is 10.5. The predicted molar refractivity (Wildman–Crippen MR) is 104 cm³/mol. The number of nitrogens with zero attached hydrogens (tertiary/aromatic N) is 2. The quantitative estimate of drug-likeness (QED) is 0.389. The largest absolute Gasteiger partial charge is 0.859 e. The molecule has 0 amide bonds. The summed E-state index contributed by atoms with van der Waals surface area (Å²) in [4.78, 5) is 31.8. The Hall–Kier alpha value is -1.89. The Morgan fingerprint density at radius 2 is 1.77 bits per heavy atom. The molecule has 1 aromatic rings. The third kappa shape index (κ3) is 7.15. The van der Waals surface area contributed by atoms with Crippen molar-refractivity contribution in [2.45, 2.75) is 65.8 Å². The molecule has 0 bridgehead atoms. The number of H-pyrrole nitrogens is 1. The van der Waals surface area contributed by atoms with E-state index in [1.165, 1.54) is 11.1 Å². The molecule has 0 aliphatic heterocycles. The fraction of sp³-hybridized carbons (Fsp3) is 0.737. The van der Waals surface area contributed by atoms with Gasteiger partial charge in [-0.15, -0.1) is 0 Å². The molecule has 1 rings (SSSR count). The van der Waals surface area contributed by atoms with Gasteiger partial charge in [-0.25, -0.2) is 4.79 Å². The molecule has 0 aromatic carbocycles. The van der Waals surface area contributed by atoms with E-state index in [-0.39, 0.29) is 5.56 Å². The Labute approximate surface area is 155 Å². The van der Waals surface area contributed by atoms with Gasteiger partial charge in [-0.3, -0.25) is 14.8 Å². The van der Waals surface area contributed by atoms with Gasteiger partial charge in [0.2, 0.25) is 0 Å². The molecule has 0 aliphatic carbocycles. The molecule has 26 heavy (non-hydrogen) atoms. The lowest BCUT2D eigenvalue weighted by atomic mass is 10.1. The highest BCUT2D eigenvalue weighted by atomic mass is 16.3. The van der Waals surface area contributed by atoms with Crippen LogP contribution >= 0.6 is 0 Å². The molecule has 0 spiro atoms. The highest BCUT2D eigenvalue weighted by molar-refractivity contribution is 5.81. The molecule has 0 aliphatic rings. The lowest BCUT2D eigenvalue weighted by Crippen LogP contribution is -3.11. The SMILES string of the molecule is CCCCCCCn1c([O-])c(C=NCCC[NH+](CC)CC)c(=O)[nH]c1=O. The Balaban J connectivity index is 2.70. The van der Waals surface area contributed by atoms with Crippen LogP contribution in [0.1, 0.15) is 64.9 Å². The Morgan fingerprint density at radius 3 is 2.42 bits per heavy atom. The van der Waals surface area contributed by atoms with Crippen LogP contribution in [0, 0.1) is 0 Å². The summed E-state index contributed by atoms with van der Waals surface area (Å²) in [6.07, 6.45) is 7.33. The highest BCUT2D eigenvalue weighted by Gasteiger charge is 2.06. The van der Waals surface area contributed by atoms with E-state index < -0.39 is 17.1 Å². The van der Waals surface area contributed by atoms with Crippen LogP contribution in [0.4, 0.5) is 0 Å². The van der Waals surface area contributed by atoms with Gasteiger partial charge in [-0.05, 0) is 26.1 Å². The zero-order valence-corrected chi connectivity index (χ0v) is 16.5. The first-order valence-corrected chi connectivity index (χ1v) is 9.92.